The van der Waals surface area contributed by atoms with E-state index in [1.54, 1.807) is 48.5 Å². The molecule has 132 valence electrons. The van der Waals surface area contributed by atoms with Crippen LogP contribution in [0.25, 0.3) is 11.3 Å². The molecule has 2 aromatic carbocycles. The molecule has 0 fully saturated rings. The summed E-state index contributed by atoms with van der Waals surface area (Å²) in [5, 5.41) is 9.13. The number of rotatable bonds is 5. The van der Waals surface area contributed by atoms with E-state index in [1.165, 1.54) is 22.5 Å². The standard InChI is InChI=1S/C19H14F3N3S/c20-19(21,22)13-25-17(16-4-2-1-3-5-16)11-24-18(25)26-12-15-8-6-14(10-23)7-9-15/h1-9,11H,12-13H2. The van der Waals surface area contributed by atoms with Crippen molar-refractivity contribution in [1.82, 2.24) is 9.55 Å². The zero-order valence-corrected chi connectivity index (χ0v) is 14.4. The summed E-state index contributed by atoms with van der Waals surface area (Å²) in [7, 11) is 0. The molecule has 0 spiro atoms. The topological polar surface area (TPSA) is 41.6 Å². The van der Waals surface area contributed by atoms with E-state index in [1.807, 2.05) is 12.1 Å². The van der Waals surface area contributed by atoms with Crippen molar-refractivity contribution in [3.63, 3.8) is 0 Å². The van der Waals surface area contributed by atoms with Crippen molar-refractivity contribution in [2.45, 2.75) is 23.6 Å². The number of thioether (sulfide) groups is 1. The molecule has 0 amide bonds. The second kappa shape index (κ2) is 7.67. The molecule has 3 aromatic rings. The summed E-state index contributed by atoms with van der Waals surface area (Å²) >= 11 is 1.24. The largest absolute Gasteiger partial charge is 0.406 e. The van der Waals surface area contributed by atoms with Gasteiger partial charge in [-0.05, 0) is 23.3 Å². The van der Waals surface area contributed by atoms with Crippen LogP contribution < -0.4 is 0 Å². The molecule has 0 aliphatic carbocycles. The lowest BCUT2D eigenvalue weighted by atomic mass is 10.2. The van der Waals surface area contributed by atoms with Gasteiger partial charge in [-0.2, -0.15) is 18.4 Å². The molecule has 0 radical (unpaired) electrons. The summed E-state index contributed by atoms with van der Waals surface area (Å²) in [6, 6.07) is 17.9. The minimum absolute atomic E-state index is 0.311. The number of benzene rings is 2. The number of hydrogen-bond acceptors (Lipinski definition) is 3. The molecule has 3 rings (SSSR count). The first-order chi connectivity index (χ1) is 12.5. The fourth-order valence-electron chi connectivity index (χ4n) is 2.47. The maximum absolute atomic E-state index is 13.1. The fraction of sp³-hybridized carbons (Fsp3) is 0.158. The first-order valence-electron chi connectivity index (χ1n) is 7.76. The van der Waals surface area contributed by atoms with Gasteiger partial charge in [0.25, 0.3) is 0 Å². The summed E-state index contributed by atoms with van der Waals surface area (Å²) in [6.45, 7) is -1.09. The van der Waals surface area contributed by atoms with Gasteiger partial charge in [-0.3, -0.25) is 0 Å². The average Bonchev–Trinajstić information content (AvgIpc) is 3.02. The summed E-state index contributed by atoms with van der Waals surface area (Å²) in [6.07, 6.45) is -2.86. The highest BCUT2D eigenvalue weighted by Gasteiger charge is 2.30. The third-order valence-corrected chi connectivity index (χ3v) is 4.74. The zero-order valence-electron chi connectivity index (χ0n) is 13.6. The van der Waals surface area contributed by atoms with Crippen LogP contribution in [-0.4, -0.2) is 15.7 Å². The minimum Gasteiger partial charge on any atom is -0.310 e. The molecule has 1 aromatic heterocycles. The van der Waals surface area contributed by atoms with E-state index in [0.717, 1.165) is 5.56 Å². The van der Waals surface area contributed by atoms with Gasteiger partial charge >= 0.3 is 6.18 Å². The van der Waals surface area contributed by atoms with Gasteiger partial charge in [0.15, 0.2) is 5.16 Å². The van der Waals surface area contributed by atoms with E-state index in [2.05, 4.69) is 4.98 Å². The zero-order chi connectivity index (χ0) is 18.6. The Morgan fingerprint density at radius 1 is 1.04 bits per heavy atom. The Kier molecular flexibility index (Phi) is 5.33. The van der Waals surface area contributed by atoms with Crippen LogP contribution in [0.4, 0.5) is 13.2 Å². The predicted octanol–water partition coefficient (Wildman–Crippen LogP) is 5.28. The van der Waals surface area contributed by atoms with Gasteiger partial charge < -0.3 is 4.57 Å². The molecule has 0 saturated heterocycles. The van der Waals surface area contributed by atoms with Gasteiger partial charge in [-0.15, -0.1) is 0 Å². The van der Waals surface area contributed by atoms with Crippen molar-refractivity contribution >= 4 is 11.8 Å². The molecule has 0 bridgehead atoms. The summed E-state index contributed by atoms with van der Waals surface area (Å²) in [4.78, 5) is 4.20. The van der Waals surface area contributed by atoms with Crippen molar-refractivity contribution in [3.05, 3.63) is 71.9 Å². The van der Waals surface area contributed by atoms with Crippen LogP contribution >= 0.6 is 11.8 Å². The van der Waals surface area contributed by atoms with Crippen LogP contribution in [0.2, 0.25) is 0 Å². The Morgan fingerprint density at radius 3 is 2.35 bits per heavy atom. The van der Waals surface area contributed by atoms with Gasteiger partial charge in [0.05, 0.1) is 23.5 Å². The van der Waals surface area contributed by atoms with Gasteiger partial charge in [0, 0.05) is 5.75 Å². The first kappa shape index (κ1) is 18.1. The monoisotopic (exact) mass is 373 g/mol. The molecule has 0 saturated carbocycles. The Hall–Kier alpha value is -2.72. The normalized spacial score (nSPS) is 11.3. The third-order valence-electron chi connectivity index (χ3n) is 3.68. The van der Waals surface area contributed by atoms with Crippen molar-refractivity contribution in [2.24, 2.45) is 0 Å². The van der Waals surface area contributed by atoms with E-state index in [0.29, 0.717) is 27.7 Å². The lowest BCUT2D eigenvalue weighted by Gasteiger charge is -2.14. The predicted molar refractivity (Wildman–Crippen MR) is 94.4 cm³/mol. The van der Waals surface area contributed by atoms with Crippen LogP contribution in [-0.2, 0) is 12.3 Å². The quantitative estimate of drug-likeness (QED) is 0.572. The molecule has 0 atom stereocenters. The molecule has 0 aliphatic heterocycles. The number of alkyl halides is 3. The maximum Gasteiger partial charge on any atom is 0.406 e. The molecule has 1 heterocycles. The van der Waals surface area contributed by atoms with Gasteiger partial charge in [0.1, 0.15) is 6.54 Å². The van der Waals surface area contributed by atoms with E-state index in [9.17, 15) is 13.2 Å². The molecule has 3 nitrogen and oxygen atoms in total. The number of nitriles is 1. The van der Waals surface area contributed by atoms with Crippen LogP contribution in [0.5, 0.6) is 0 Å². The van der Waals surface area contributed by atoms with Gasteiger partial charge in [-0.1, -0.05) is 54.2 Å². The molecular weight excluding hydrogens is 359 g/mol. The van der Waals surface area contributed by atoms with Crippen LogP contribution in [0.1, 0.15) is 11.1 Å². The Balaban J connectivity index is 1.86. The van der Waals surface area contributed by atoms with E-state index in [4.69, 9.17) is 5.26 Å². The molecular formula is C19H14F3N3S. The minimum atomic E-state index is -4.34. The van der Waals surface area contributed by atoms with E-state index < -0.39 is 12.7 Å². The highest BCUT2D eigenvalue weighted by atomic mass is 32.2. The Morgan fingerprint density at radius 2 is 1.73 bits per heavy atom. The summed E-state index contributed by atoms with van der Waals surface area (Å²) in [5.74, 6) is 0.467. The number of halogens is 3. The van der Waals surface area contributed by atoms with Crippen molar-refractivity contribution in [1.29, 1.82) is 5.26 Å². The SMILES string of the molecule is N#Cc1ccc(CSc2ncc(-c3ccccc3)n2CC(F)(F)F)cc1. The number of aromatic nitrogens is 2. The maximum atomic E-state index is 13.1. The Bertz CT molecular complexity index is 910. The van der Waals surface area contributed by atoms with Crippen LogP contribution in [0.15, 0.2) is 66.0 Å². The van der Waals surface area contributed by atoms with Crippen molar-refractivity contribution < 1.29 is 13.2 Å². The van der Waals surface area contributed by atoms with Crippen LogP contribution in [0.3, 0.4) is 0 Å². The fourth-order valence-corrected chi connectivity index (χ4v) is 3.40. The molecule has 7 heteroatoms. The lowest BCUT2D eigenvalue weighted by Crippen LogP contribution is -2.19. The number of nitrogens with zero attached hydrogens (tertiary/aromatic N) is 3. The van der Waals surface area contributed by atoms with E-state index >= 15 is 0 Å². The molecule has 0 N–H and O–H groups in total. The number of hydrogen-bond donors (Lipinski definition) is 0. The van der Waals surface area contributed by atoms with Crippen LogP contribution in [0, 0.1) is 11.3 Å². The molecule has 26 heavy (non-hydrogen) atoms. The number of imidazole rings is 1. The Labute approximate surface area is 153 Å². The molecule has 0 unspecified atom stereocenters. The molecule has 0 aliphatic rings. The summed E-state index contributed by atoms with van der Waals surface area (Å²) < 4.78 is 40.4. The third kappa shape index (κ3) is 4.46. The second-order valence-electron chi connectivity index (χ2n) is 5.59. The van der Waals surface area contributed by atoms with Crippen molar-refractivity contribution in [3.8, 4) is 17.3 Å². The van der Waals surface area contributed by atoms with Gasteiger partial charge in [-0.25, -0.2) is 4.98 Å². The first-order valence-corrected chi connectivity index (χ1v) is 8.74. The summed E-state index contributed by atoms with van der Waals surface area (Å²) in [5.41, 5.74) is 2.58. The highest BCUT2D eigenvalue weighted by Crippen LogP contribution is 2.31. The van der Waals surface area contributed by atoms with Gasteiger partial charge in [0.2, 0.25) is 0 Å². The second-order valence-corrected chi connectivity index (χ2v) is 6.53. The van der Waals surface area contributed by atoms with E-state index in [-0.39, 0.29) is 0 Å². The smallest absolute Gasteiger partial charge is 0.310 e. The average molecular weight is 373 g/mol. The lowest BCUT2D eigenvalue weighted by molar-refractivity contribution is -0.141. The van der Waals surface area contributed by atoms with Crippen molar-refractivity contribution in [2.75, 3.05) is 0 Å². The highest BCUT2D eigenvalue weighted by molar-refractivity contribution is 7.98.